The molecule has 0 bridgehead atoms. The van der Waals surface area contributed by atoms with Crippen molar-refractivity contribution in [1.82, 2.24) is 4.72 Å². The minimum absolute atomic E-state index is 0.0497. The normalized spacial score (nSPS) is 11.0. The predicted octanol–water partition coefficient (Wildman–Crippen LogP) is 2.35. The van der Waals surface area contributed by atoms with E-state index in [0.29, 0.717) is 10.6 Å². The van der Waals surface area contributed by atoms with Crippen molar-refractivity contribution >= 4 is 39.2 Å². The molecule has 0 saturated heterocycles. The molecule has 7 nitrogen and oxygen atoms in total. The van der Waals surface area contributed by atoms with Crippen LogP contribution in [-0.2, 0) is 19.6 Å². The zero-order valence-corrected chi connectivity index (χ0v) is 15.6. The van der Waals surface area contributed by atoms with Gasteiger partial charge in [0.2, 0.25) is 10.0 Å². The molecule has 0 fully saturated rings. The number of nitrogens with one attached hydrogen (secondary N) is 2. The van der Waals surface area contributed by atoms with Crippen molar-refractivity contribution in [2.24, 2.45) is 0 Å². The Balaban J connectivity index is 2.02. The third-order valence-corrected chi connectivity index (χ3v) is 5.22. The van der Waals surface area contributed by atoms with Gasteiger partial charge < -0.3 is 10.1 Å². The summed E-state index contributed by atoms with van der Waals surface area (Å²) in [5, 5.41) is 2.87. The molecular weight excluding hydrogens is 380 g/mol. The number of halogens is 1. The van der Waals surface area contributed by atoms with Gasteiger partial charge in [-0.3, -0.25) is 4.79 Å². The van der Waals surface area contributed by atoms with Crippen LogP contribution in [0.5, 0.6) is 0 Å². The molecule has 0 aromatic heterocycles. The summed E-state index contributed by atoms with van der Waals surface area (Å²) < 4.78 is 31.1. The van der Waals surface area contributed by atoms with Gasteiger partial charge in [0.15, 0.2) is 6.61 Å². The van der Waals surface area contributed by atoms with Crippen molar-refractivity contribution in [2.75, 3.05) is 19.0 Å². The number of hydrogen-bond donors (Lipinski definition) is 2. The van der Waals surface area contributed by atoms with Gasteiger partial charge in [-0.1, -0.05) is 23.7 Å². The SMILES string of the molecule is CNS(=O)(=O)c1cc(NC(=O)COC(=O)c2cccc(Cl)c2)ccc1C. The van der Waals surface area contributed by atoms with E-state index < -0.39 is 28.5 Å². The maximum Gasteiger partial charge on any atom is 0.338 e. The van der Waals surface area contributed by atoms with E-state index in [1.54, 1.807) is 31.2 Å². The molecule has 0 radical (unpaired) electrons. The molecule has 2 aromatic carbocycles. The van der Waals surface area contributed by atoms with E-state index in [0.717, 1.165) is 0 Å². The Morgan fingerprint density at radius 1 is 1.15 bits per heavy atom. The van der Waals surface area contributed by atoms with Crippen molar-refractivity contribution in [3.8, 4) is 0 Å². The second-order valence-electron chi connectivity index (χ2n) is 5.32. The molecule has 9 heteroatoms. The first-order chi connectivity index (χ1) is 12.2. The van der Waals surface area contributed by atoms with Crippen LogP contribution in [-0.4, -0.2) is 33.9 Å². The fourth-order valence-electron chi connectivity index (χ4n) is 2.10. The van der Waals surface area contributed by atoms with Crippen molar-refractivity contribution in [1.29, 1.82) is 0 Å². The number of amides is 1. The summed E-state index contributed by atoms with van der Waals surface area (Å²) in [5.74, 6) is -1.29. The molecule has 2 rings (SSSR count). The third kappa shape index (κ3) is 5.04. The maximum absolute atomic E-state index is 12.0. The summed E-state index contributed by atoms with van der Waals surface area (Å²) in [4.78, 5) is 23.9. The Hall–Kier alpha value is -2.42. The summed E-state index contributed by atoms with van der Waals surface area (Å²) in [7, 11) is -2.35. The first kappa shape index (κ1) is 19.9. The maximum atomic E-state index is 12.0. The van der Waals surface area contributed by atoms with E-state index in [9.17, 15) is 18.0 Å². The molecule has 0 saturated carbocycles. The average molecular weight is 397 g/mol. The molecule has 0 aliphatic heterocycles. The molecule has 26 heavy (non-hydrogen) atoms. The summed E-state index contributed by atoms with van der Waals surface area (Å²) in [6, 6.07) is 10.6. The van der Waals surface area contributed by atoms with Gasteiger partial charge in [-0.25, -0.2) is 17.9 Å². The molecule has 2 N–H and O–H groups in total. The van der Waals surface area contributed by atoms with Crippen molar-refractivity contribution in [3.05, 3.63) is 58.6 Å². The zero-order chi connectivity index (χ0) is 19.3. The van der Waals surface area contributed by atoms with E-state index in [-0.39, 0.29) is 16.1 Å². The van der Waals surface area contributed by atoms with Crippen molar-refractivity contribution < 1.29 is 22.7 Å². The smallest absolute Gasteiger partial charge is 0.338 e. The molecule has 138 valence electrons. The lowest BCUT2D eigenvalue weighted by Gasteiger charge is -2.10. The van der Waals surface area contributed by atoms with Crippen LogP contribution >= 0.6 is 11.6 Å². The van der Waals surface area contributed by atoms with Gasteiger partial charge >= 0.3 is 5.97 Å². The fraction of sp³-hybridized carbons (Fsp3) is 0.176. The molecule has 2 aromatic rings. The number of esters is 1. The Bertz CT molecular complexity index is 944. The highest BCUT2D eigenvalue weighted by molar-refractivity contribution is 7.89. The Morgan fingerprint density at radius 3 is 2.54 bits per heavy atom. The van der Waals surface area contributed by atoms with Crippen LogP contribution in [0.1, 0.15) is 15.9 Å². The molecule has 0 heterocycles. The quantitative estimate of drug-likeness (QED) is 0.730. The number of sulfonamides is 1. The summed E-state index contributed by atoms with van der Waals surface area (Å²) in [5.41, 5.74) is 1.03. The minimum atomic E-state index is -3.65. The van der Waals surface area contributed by atoms with Crippen LogP contribution in [0.4, 0.5) is 5.69 Å². The topological polar surface area (TPSA) is 102 Å². The number of anilines is 1. The number of carbonyl (C=O) groups is 2. The largest absolute Gasteiger partial charge is 0.452 e. The van der Waals surface area contributed by atoms with Crippen LogP contribution < -0.4 is 10.0 Å². The Kier molecular flexibility index (Phi) is 6.36. The summed E-state index contributed by atoms with van der Waals surface area (Å²) in [6.07, 6.45) is 0. The fourth-order valence-corrected chi connectivity index (χ4v) is 3.29. The van der Waals surface area contributed by atoms with Crippen molar-refractivity contribution in [3.63, 3.8) is 0 Å². The van der Waals surface area contributed by atoms with Crippen LogP contribution in [0.25, 0.3) is 0 Å². The van der Waals surface area contributed by atoms with E-state index in [2.05, 4.69) is 10.0 Å². The van der Waals surface area contributed by atoms with E-state index in [1.807, 2.05) is 0 Å². The van der Waals surface area contributed by atoms with Crippen LogP contribution in [0.15, 0.2) is 47.4 Å². The average Bonchev–Trinajstić information content (AvgIpc) is 2.61. The monoisotopic (exact) mass is 396 g/mol. The number of ether oxygens (including phenoxy) is 1. The number of benzene rings is 2. The standard InChI is InChI=1S/C17H17ClN2O5S/c1-11-6-7-14(9-15(11)26(23,24)19-2)20-16(21)10-25-17(22)12-4-3-5-13(18)8-12/h3-9,19H,10H2,1-2H3,(H,20,21). The molecule has 0 atom stereocenters. The van der Waals surface area contributed by atoms with Gasteiger partial charge in [0.05, 0.1) is 10.5 Å². The van der Waals surface area contributed by atoms with Gasteiger partial charge in [0.1, 0.15) is 0 Å². The molecule has 0 unspecified atom stereocenters. The van der Waals surface area contributed by atoms with Gasteiger partial charge in [0, 0.05) is 10.7 Å². The number of carbonyl (C=O) groups excluding carboxylic acids is 2. The van der Waals surface area contributed by atoms with Crippen LogP contribution in [0.3, 0.4) is 0 Å². The second-order valence-corrected chi connectivity index (χ2v) is 7.61. The lowest BCUT2D eigenvalue weighted by Crippen LogP contribution is -2.22. The molecule has 0 aliphatic carbocycles. The highest BCUT2D eigenvalue weighted by Gasteiger charge is 2.16. The van der Waals surface area contributed by atoms with Gasteiger partial charge in [-0.15, -0.1) is 0 Å². The van der Waals surface area contributed by atoms with Gasteiger partial charge in [0.25, 0.3) is 5.91 Å². The molecule has 0 aliphatic rings. The third-order valence-electron chi connectivity index (χ3n) is 3.42. The van der Waals surface area contributed by atoms with E-state index in [4.69, 9.17) is 16.3 Å². The first-order valence-electron chi connectivity index (χ1n) is 7.49. The Morgan fingerprint density at radius 2 is 1.88 bits per heavy atom. The van der Waals surface area contributed by atoms with Crippen LogP contribution in [0.2, 0.25) is 5.02 Å². The van der Waals surface area contributed by atoms with E-state index >= 15 is 0 Å². The highest BCUT2D eigenvalue weighted by Crippen LogP contribution is 2.20. The van der Waals surface area contributed by atoms with E-state index in [1.165, 1.54) is 25.2 Å². The minimum Gasteiger partial charge on any atom is -0.452 e. The Labute approximate surface area is 156 Å². The second kappa shape index (κ2) is 8.31. The van der Waals surface area contributed by atoms with Crippen molar-refractivity contribution in [2.45, 2.75) is 11.8 Å². The van der Waals surface area contributed by atoms with Gasteiger partial charge in [-0.05, 0) is 49.9 Å². The highest BCUT2D eigenvalue weighted by atomic mass is 35.5. The molecular formula is C17H17ClN2O5S. The summed E-state index contributed by atoms with van der Waals surface area (Å²) in [6.45, 7) is 1.12. The lowest BCUT2D eigenvalue weighted by atomic mass is 10.2. The molecule has 0 spiro atoms. The number of hydrogen-bond acceptors (Lipinski definition) is 5. The predicted molar refractivity (Wildman–Crippen MR) is 97.8 cm³/mol. The summed E-state index contributed by atoms with van der Waals surface area (Å²) >= 11 is 5.79. The lowest BCUT2D eigenvalue weighted by molar-refractivity contribution is -0.119. The van der Waals surface area contributed by atoms with Crippen LogP contribution in [0, 0.1) is 6.92 Å². The zero-order valence-electron chi connectivity index (χ0n) is 14.1. The molecule has 1 amide bonds. The number of rotatable bonds is 6. The number of aryl methyl sites for hydroxylation is 1. The van der Waals surface area contributed by atoms with Gasteiger partial charge in [-0.2, -0.15) is 0 Å². The first-order valence-corrected chi connectivity index (χ1v) is 9.36.